The number of nitrogens with one attached hydrogen (secondary N) is 1. The molecule has 1 aliphatic rings. The fourth-order valence-corrected chi connectivity index (χ4v) is 7.57. The van der Waals surface area contributed by atoms with E-state index in [-0.39, 0.29) is 35.3 Å². The summed E-state index contributed by atoms with van der Waals surface area (Å²) in [5, 5.41) is 8.45. The molecule has 7 heterocycles. The van der Waals surface area contributed by atoms with Gasteiger partial charge in [0.25, 0.3) is 6.01 Å². The van der Waals surface area contributed by atoms with E-state index in [9.17, 15) is 8.78 Å². The van der Waals surface area contributed by atoms with E-state index in [2.05, 4.69) is 62.0 Å². The van der Waals surface area contributed by atoms with Gasteiger partial charge in [-0.1, -0.05) is 13.0 Å². The molecule has 1 saturated heterocycles. The minimum absolute atomic E-state index is 0.00954. The summed E-state index contributed by atoms with van der Waals surface area (Å²) < 4.78 is 38.8. The number of piperazine rings is 1. The first kappa shape index (κ1) is 40.1. The van der Waals surface area contributed by atoms with Gasteiger partial charge < -0.3 is 30.7 Å². The fraction of sp³-hybridized carbons (Fsp3) is 0.333. The fourth-order valence-electron chi connectivity index (χ4n) is 7.57. The lowest BCUT2D eigenvalue weighted by molar-refractivity contribution is 0.132. The van der Waals surface area contributed by atoms with Crippen LogP contribution in [-0.4, -0.2) is 91.8 Å². The first-order valence-corrected chi connectivity index (χ1v) is 19.9. The van der Waals surface area contributed by atoms with Crippen molar-refractivity contribution in [3.8, 4) is 22.5 Å². The summed E-state index contributed by atoms with van der Waals surface area (Å²) in [7, 11) is 0. The third-order valence-electron chi connectivity index (χ3n) is 10.5. The molecule has 2 aromatic carbocycles. The Labute approximate surface area is 344 Å². The van der Waals surface area contributed by atoms with E-state index in [0.29, 0.717) is 45.3 Å². The smallest absolute Gasteiger partial charge is 0.292 e. The Balaban J connectivity index is 0.000000185. The Hall–Kier alpha value is -6.66. The Bertz CT molecular complexity index is 2810. The number of anilines is 4. The number of benzene rings is 2. The Morgan fingerprint density at radius 1 is 0.800 bits per heavy atom. The van der Waals surface area contributed by atoms with Gasteiger partial charge in [-0.15, -0.1) is 0 Å². The van der Waals surface area contributed by atoms with Crippen LogP contribution in [0.15, 0.2) is 65.6 Å². The number of imidazole rings is 1. The van der Waals surface area contributed by atoms with E-state index < -0.39 is 11.6 Å². The number of nitrogen functional groups attached to an aromatic ring is 2. The molecule has 0 bridgehead atoms. The number of rotatable bonds is 9. The second-order valence-corrected chi connectivity index (χ2v) is 15.3. The standard InChI is InChI=1S/C27H32F2N8.C15H15N7O/c1-5-35-8-10-36(11-9-35)16-19-6-7-24(30-14-19)33-27-31-15-22(29)25(34-27)20-12-21(28)26-23(13-20)37(17(2)3)18(4)32-26;1-7(2)22-14-11(13(16)18-6-19-14)12(21-22)8-3-4-10-9(5-8)20-15(17)23-10/h6-7,12-15,17H,5,8-11,16H2,1-4H3,(H,30,31,33,34);3-7H,1-2H3,(H2,17,20)(H2,16,18,19). The molecule has 5 N–H and O–H groups in total. The minimum Gasteiger partial charge on any atom is -0.424 e. The van der Waals surface area contributed by atoms with Crippen molar-refractivity contribution >= 4 is 56.8 Å². The van der Waals surface area contributed by atoms with E-state index in [1.54, 1.807) is 6.07 Å². The van der Waals surface area contributed by atoms with Crippen LogP contribution in [-0.2, 0) is 6.54 Å². The van der Waals surface area contributed by atoms with Crippen LogP contribution in [0.5, 0.6) is 0 Å². The largest absolute Gasteiger partial charge is 0.424 e. The number of halogens is 2. The predicted molar refractivity (Wildman–Crippen MR) is 228 cm³/mol. The monoisotopic (exact) mass is 815 g/mol. The van der Waals surface area contributed by atoms with E-state index in [1.807, 2.05) is 80.4 Å². The van der Waals surface area contributed by atoms with Crippen LogP contribution in [0.2, 0.25) is 0 Å². The van der Waals surface area contributed by atoms with Gasteiger partial charge in [0.05, 0.1) is 17.1 Å². The maximum Gasteiger partial charge on any atom is 0.292 e. The molecule has 18 heteroatoms. The van der Waals surface area contributed by atoms with Crippen LogP contribution in [0.3, 0.4) is 0 Å². The van der Waals surface area contributed by atoms with Gasteiger partial charge in [0.1, 0.15) is 46.2 Å². The molecule has 0 radical (unpaired) electrons. The highest BCUT2D eigenvalue weighted by molar-refractivity contribution is 5.99. The Morgan fingerprint density at radius 2 is 1.58 bits per heavy atom. The maximum absolute atomic E-state index is 14.9. The molecule has 0 atom stereocenters. The number of hydrogen-bond donors (Lipinski definition) is 3. The van der Waals surface area contributed by atoms with Crippen molar-refractivity contribution in [3.63, 3.8) is 0 Å². The number of fused-ring (bicyclic) bond motifs is 3. The molecule has 1 aliphatic heterocycles. The van der Waals surface area contributed by atoms with Crippen molar-refractivity contribution in [2.24, 2.45) is 0 Å². The van der Waals surface area contributed by atoms with E-state index in [0.717, 1.165) is 67.7 Å². The topological polar surface area (TPSA) is 197 Å². The van der Waals surface area contributed by atoms with Gasteiger partial charge in [-0.3, -0.25) is 4.90 Å². The first-order valence-electron chi connectivity index (χ1n) is 19.9. The van der Waals surface area contributed by atoms with Crippen LogP contribution in [0.25, 0.3) is 55.7 Å². The SMILES string of the molecule is CC(C)n1nc(-c2ccc3oc(N)nc3c2)c2c(N)ncnc21.CCN1CCN(Cc2ccc(Nc3ncc(F)c(-c4cc(F)c5nc(C)n(C(C)C)c5c4)n3)nc2)CC1. The summed E-state index contributed by atoms with van der Waals surface area (Å²) in [4.78, 5) is 34.7. The molecule has 9 rings (SSSR count). The number of pyridine rings is 1. The summed E-state index contributed by atoms with van der Waals surface area (Å²) in [6.45, 7) is 18.3. The molecular formula is C42H47F2N15O. The van der Waals surface area contributed by atoms with Crippen molar-refractivity contribution in [3.05, 3.63) is 84.2 Å². The summed E-state index contributed by atoms with van der Waals surface area (Å²) in [6.07, 6.45) is 4.36. The molecule has 0 unspecified atom stereocenters. The lowest BCUT2D eigenvalue weighted by Gasteiger charge is -2.33. The number of likely N-dealkylation sites (N-methyl/N-ethyl adjacent to an activating group) is 1. The summed E-state index contributed by atoms with van der Waals surface area (Å²) in [5.41, 5.74) is 17.6. The Kier molecular flexibility index (Phi) is 11.1. The molecular weight excluding hydrogens is 769 g/mol. The number of nitrogens with zero attached hydrogens (tertiary/aromatic N) is 12. The minimum atomic E-state index is -0.636. The zero-order valence-electron chi connectivity index (χ0n) is 34.4. The van der Waals surface area contributed by atoms with Crippen molar-refractivity contribution in [1.82, 2.24) is 59.0 Å². The average Bonchev–Trinajstić information content (AvgIpc) is 3.92. The quantitative estimate of drug-likeness (QED) is 0.131. The van der Waals surface area contributed by atoms with Gasteiger partial charge in [-0.05, 0) is 83.1 Å². The van der Waals surface area contributed by atoms with Gasteiger partial charge in [0.15, 0.2) is 22.9 Å². The third-order valence-corrected chi connectivity index (χ3v) is 10.5. The lowest BCUT2D eigenvalue weighted by Crippen LogP contribution is -2.45. The highest BCUT2D eigenvalue weighted by Gasteiger charge is 2.21. The summed E-state index contributed by atoms with van der Waals surface area (Å²) in [6, 6.07) is 12.8. The molecule has 60 heavy (non-hydrogen) atoms. The van der Waals surface area contributed by atoms with Crippen molar-refractivity contribution in [1.29, 1.82) is 0 Å². The van der Waals surface area contributed by atoms with E-state index in [1.165, 1.54) is 12.4 Å². The molecule has 0 spiro atoms. The van der Waals surface area contributed by atoms with E-state index in [4.69, 9.17) is 15.9 Å². The maximum atomic E-state index is 14.9. The van der Waals surface area contributed by atoms with Crippen LogP contribution >= 0.6 is 0 Å². The van der Waals surface area contributed by atoms with Gasteiger partial charge in [-0.2, -0.15) is 10.1 Å². The molecule has 0 aliphatic carbocycles. The zero-order valence-corrected chi connectivity index (χ0v) is 34.4. The van der Waals surface area contributed by atoms with E-state index >= 15 is 0 Å². The van der Waals surface area contributed by atoms with Crippen LogP contribution in [0.1, 0.15) is 58.1 Å². The zero-order chi connectivity index (χ0) is 42.2. The lowest BCUT2D eigenvalue weighted by atomic mass is 10.1. The molecule has 8 aromatic rings. The van der Waals surface area contributed by atoms with Crippen LogP contribution in [0, 0.1) is 18.6 Å². The van der Waals surface area contributed by atoms with Gasteiger partial charge >= 0.3 is 0 Å². The second-order valence-electron chi connectivity index (χ2n) is 15.3. The summed E-state index contributed by atoms with van der Waals surface area (Å²) in [5.74, 6) is 0.675. The number of hydrogen-bond acceptors (Lipinski definition) is 14. The third kappa shape index (κ3) is 8.02. The number of aromatic nitrogens is 10. The highest BCUT2D eigenvalue weighted by atomic mass is 19.1. The molecule has 0 amide bonds. The van der Waals surface area contributed by atoms with Crippen molar-refractivity contribution in [2.45, 2.75) is 60.2 Å². The molecule has 6 aromatic heterocycles. The molecule has 310 valence electrons. The average molecular weight is 816 g/mol. The first-order chi connectivity index (χ1) is 28.9. The van der Waals surface area contributed by atoms with Crippen molar-refractivity contribution in [2.75, 3.05) is 49.5 Å². The molecule has 0 saturated carbocycles. The van der Waals surface area contributed by atoms with Crippen LogP contribution < -0.4 is 16.8 Å². The number of aryl methyl sites for hydroxylation is 1. The Morgan fingerprint density at radius 3 is 2.30 bits per heavy atom. The molecule has 16 nitrogen and oxygen atoms in total. The van der Waals surface area contributed by atoms with Crippen LogP contribution in [0.4, 0.5) is 32.4 Å². The predicted octanol–water partition coefficient (Wildman–Crippen LogP) is 7.32. The highest BCUT2D eigenvalue weighted by Crippen LogP contribution is 2.34. The second kappa shape index (κ2) is 16.5. The van der Waals surface area contributed by atoms with Gasteiger partial charge in [0.2, 0.25) is 5.95 Å². The molecule has 1 fully saturated rings. The summed E-state index contributed by atoms with van der Waals surface area (Å²) >= 11 is 0. The number of nitrogens with two attached hydrogens (primary N) is 2. The van der Waals surface area contributed by atoms with Crippen molar-refractivity contribution < 1.29 is 13.2 Å². The number of oxazole rings is 1. The van der Waals surface area contributed by atoms with Gasteiger partial charge in [-0.25, -0.2) is 43.4 Å². The van der Waals surface area contributed by atoms with Gasteiger partial charge in [0, 0.05) is 62.1 Å². The normalized spacial score (nSPS) is 13.8.